The zero-order valence-electron chi connectivity index (χ0n) is 24.7. The van der Waals surface area contributed by atoms with E-state index in [1.54, 1.807) is 4.90 Å². The van der Waals surface area contributed by atoms with Crippen LogP contribution in [0.2, 0.25) is 0 Å². The molecule has 0 heterocycles. The Kier molecular flexibility index (Phi) is 7.55. The van der Waals surface area contributed by atoms with E-state index >= 15 is 0 Å². The lowest BCUT2D eigenvalue weighted by Crippen LogP contribution is -2.65. The van der Waals surface area contributed by atoms with Crippen LogP contribution in [0.25, 0.3) is 11.1 Å². The fraction of sp³-hybridized carbons (Fsp3) is 0.545. The van der Waals surface area contributed by atoms with Crippen LogP contribution in [0.4, 0.5) is 9.59 Å². The van der Waals surface area contributed by atoms with Gasteiger partial charge in [-0.2, -0.15) is 0 Å². The predicted octanol–water partition coefficient (Wildman–Crippen LogP) is 6.57. The summed E-state index contributed by atoms with van der Waals surface area (Å²) in [7, 11) is 0. The fourth-order valence-corrected chi connectivity index (χ4v) is 7.57. The molecular weight excluding hydrogens is 520 g/mol. The average Bonchev–Trinajstić information content (AvgIpc) is 3.42. The first-order valence-electron chi connectivity index (χ1n) is 14.7. The van der Waals surface area contributed by atoms with Crippen molar-refractivity contribution < 1.29 is 29.0 Å². The van der Waals surface area contributed by atoms with Crippen LogP contribution in [0.1, 0.15) is 83.8 Å². The smallest absolute Gasteiger partial charge is 0.410 e. The van der Waals surface area contributed by atoms with E-state index in [0.717, 1.165) is 28.7 Å². The van der Waals surface area contributed by atoms with Crippen LogP contribution in [0.5, 0.6) is 0 Å². The number of alkyl carbamates (subject to hydrolysis) is 1. The maximum atomic E-state index is 13.9. The lowest BCUT2D eigenvalue weighted by molar-refractivity contribution is -0.137. The molecule has 2 aromatic rings. The maximum absolute atomic E-state index is 13.9. The number of nitrogens with one attached hydrogen (secondary N) is 1. The van der Waals surface area contributed by atoms with E-state index in [9.17, 15) is 19.5 Å². The summed E-state index contributed by atoms with van der Waals surface area (Å²) in [5.74, 6) is -0.698. The Morgan fingerprint density at radius 1 is 1.02 bits per heavy atom. The molecule has 0 aromatic heterocycles. The SMILES string of the molecule is CC(C)(C)OC(=O)NC12CCC(CC1N(CCCC(=O)O)C(=O)OCC1c3ccccc3-c3ccccc31)C2(C)C. The number of rotatable bonds is 8. The Bertz CT molecular complexity index is 1290. The van der Waals surface area contributed by atoms with Crippen LogP contribution in [0, 0.1) is 11.3 Å². The predicted molar refractivity (Wildman–Crippen MR) is 156 cm³/mol. The summed E-state index contributed by atoms with van der Waals surface area (Å²) in [5, 5.41) is 12.5. The largest absolute Gasteiger partial charge is 0.481 e. The van der Waals surface area contributed by atoms with Crippen molar-refractivity contribution >= 4 is 18.2 Å². The van der Waals surface area contributed by atoms with Gasteiger partial charge in [-0.3, -0.25) is 4.79 Å². The molecule has 220 valence electrons. The number of fused-ring (bicyclic) bond motifs is 5. The minimum Gasteiger partial charge on any atom is -0.481 e. The van der Waals surface area contributed by atoms with Gasteiger partial charge in [0.05, 0.1) is 11.6 Å². The molecule has 41 heavy (non-hydrogen) atoms. The Hall–Kier alpha value is -3.55. The summed E-state index contributed by atoms with van der Waals surface area (Å²) in [6, 6.07) is 16.0. The van der Waals surface area contributed by atoms with Gasteiger partial charge in [0.25, 0.3) is 0 Å². The molecule has 2 bridgehead atoms. The molecule has 3 aliphatic carbocycles. The van der Waals surface area contributed by atoms with Gasteiger partial charge in [-0.05, 0) is 80.0 Å². The first-order valence-corrected chi connectivity index (χ1v) is 14.7. The van der Waals surface area contributed by atoms with Gasteiger partial charge in [0.2, 0.25) is 0 Å². The number of hydrogen-bond donors (Lipinski definition) is 2. The fourth-order valence-electron chi connectivity index (χ4n) is 7.57. The average molecular weight is 563 g/mol. The number of carboxylic acids is 1. The molecule has 2 fully saturated rings. The van der Waals surface area contributed by atoms with Gasteiger partial charge in [0.1, 0.15) is 12.2 Å². The summed E-state index contributed by atoms with van der Waals surface area (Å²) in [5.41, 5.74) is 2.89. The molecule has 3 aliphatic rings. The van der Waals surface area contributed by atoms with Crippen molar-refractivity contribution in [2.75, 3.05) is 13.2 Å². The normalized spacial score (nSPS) is 23.9. The van der Waals surface area contributed by atoms with Gasteiger partial charge in [-0.25, -0.2) is 9.59 Å². The van der Waals surface area contributed by atoms with E-state index in [4.69, 9.17) is 9.47 Å². The molecule has 3 unspecified atom stereocenters. The molecule has 0 aliphatic heterocycles. The molecular formula is C33H42N2O6. The Balaban J connectivity index is 1.40. The van der Waals surface area contributed by atoms with Crippen LogP contribution < -0.4 is 5.32 Å². The summed E-state index contributed by atoms with van der Waals surface area (Å²) < 4.78 is 11.7. The summed E-state index contributed by atoms with van der Waals surface area (Å²) in [4.78, 5) is 40.1. The van der Waals surface area contributed by atoms with Crippen molar-refractivity contribution in [3.63, 3.8) is 0 Å². The first kappa shape index (κ1) is 29.0. The number of aliphatic carboxylic acids is 1. The Morgan fingerprint density at radius 3 is 2.20 bits per heavy atom. The van der Waals surface area contributed by atoms with E-state index in [1.807, 2.05) is 45.0 Å². The summed E-state index contributed by atoms with van der Waals surface area (Å²) in [6.45, 7) is 10.2. The van der Waals surface area contributed by atoms with Gasteiger partial charge in [-0.15, -0.1) is 0 Å². The van der Waals surface area contributed by atoms with Crippen molar-refractivity contribution in [2.24, 2.45) is 11.3 Å². The van der Waals surface area contributed by atoms with Crippen LogP contribution >= 0.6 is 0 Å². The highest BCUT2D eigenvalue weighted by Gasteiger charge is 2.67. The molecule has 8 nitrogen and oxygen atoms in total. The molecule has 0 spiro atoms. The van der Waals surface area contributed by atoms with Gasteiger partial charge >= 0.3 is 18.2 Å². The highest BCUT2D eigenvalue weighted by atomic mass is 16.6. The second kappa shape index (κ2) is 10.7. The van der Waals surface area contributed by atoms with E-state index in [0.29, 0.717) is 25.2 Å². The number of hydrogen-bond acceptors (Lipinski definition) is 5. The molecule has 2 aromatic carbocycles. The summed E-state index contributed by atoms with van der Waals surface area (Å²) in [6.07, 6.45) is 1.61. The van der Waals surface area contributed by atoms with Crippen molar-refractivity contribution in [2.45, 2.75) is 89.8 Å². The third-order valence-electron chi connectivity index (χ3n) is 9.59. The number of benzene rings is 2. The lowest BCUT2D eigenvalue weighted by atomic mass is 9.74. The van der Waals surface area contributed by atoms with Crippen molar-refractivity contribution in [3.8, 4) is 11.1 Å². The van der Waals surface area contributed by atoms with E-state index in [-0.39, 0.29) is 36.9 Å². The molecule has 8 heteroatoms. The number of nitrogens with zero attached hydrogens (tertiary/aromatic N) is 1. The topological polar surface area (TPSA) is 105 Å². The van der Waals surface area contributed by atoms with Crippen molar-refractivity contribution in [1.29, 1.82) is 0 Å². The lowest BCUT2D eigenvalue weighted by Gasteiger charge is -2.46. The molecule has 2 N–H and O–H groups in total. The third kappa shape index (κ3) is 5.29. The molecule has 0 saturated heterocycles. The second-order valence-corrected chi connectivity index (χ2v) is 13.3. The van der Waals surface area contributed by atoms with E-state index in [1.165, 1.54) is 0 Å². The highest BCUT2D eigenvalue weighted by molar-refractivity contribution is 5.79. The highest BCUT2D eigenvalue weighted by Crippen LogP contribution is 2.61. The van der Waals surface area contributed by atoms with Crippen LogP contribution in [0.15, 0.2) is 48.5 Å². The second-order valence-electron chi connectivity index (χ2n) is 13.3. The first-order chi connectivity index (χ1) is 19.3. The number of ether oxygens (including phenoxy) is 2. The van der Waals surface area contributed by atoms with Crippen LogP contribution in [-0.4, -0.2) is 58.5 Å². The minimum atomic E-state index is -0.910. The zero-order valence-corrected chi connectivity index (χ0v) is 24.7. The third-order valence-corrected chi connectivity index (χ3v) is 9.59. The van der Waals surface area contributed by atoms with Gasteiger partial charge < -0.3 is 24.8 Å². The monoisotopic (exact) mass is 562 g/mol. The number of carbonyl (C=O) groups is 3. The van der Waals surface area contributed by atoms with Crippen LogP contribution in [0.3, 0.4) is 0 Å². The maximum Gasteiger partial charge on any atom is 0.410 e. The van der Waals surface area contributed by atoms with Crippen molar-refractivity contribution in [1.82, 2.24) is 10.2 Å². The van der Waals surface area contributed by atoms with Gasteiger partial charge in [0.15, 0.2) is 0 Å². The minimum absolute atomic E-state index is 0.0564. The number of carboxylic acid groups (broad SMARTS) is 1. The standard InChI is InChI=1S/C33H42N2O6/c1-31(2,3)41-29(38)34-33-17-16-21(32(33,4)5)19-27(33)35(18-10-15-28(36)37)30(39)40-20-26-24-13-8-6-11-22(24)23-12-7-9-14-25(23)26/h6-9,11-14,21,26-27H,10,15-20H2,1-5H3,(H,34,38)(H,36,37). The molecule has 3 atom stereocenters. The van der Waals surface area contributed by atoms with Gasteiger partial charge in [-0.1, -0.05) is 62.4 Å². The van der Waals surface area contributed by atoms with E-state index in [2.05, 4.69) is 43.4 Å². The van der Waals surface area contributed by atoms with Crippen LogP contribution in [-0.2, 0) is 14.3 Å². The quantitative estimate of drug-likeness (QED) is 0.377. The number of amides is 2. The number of carbonyl (C=O) groups excluding carboxylic acids is 2. The summed E-state index contributed by atoms with van der Waals surface area (Å²) >= 11 is 0. The molecule has 0 radical (unpaired) electrons. The van der Waals surface area contributed by atoms with E-state index < -0.39 is 29.3 Å². The molecule has 2 amide bonds. The Labute approximate surface area is 242 Å². The zero-order chi connectivity index (χ0) is 29.6. The molecule has 5 rings (SSSR count). The molecule has 2 saturated carbocycles. The Morgan fingerprint density at radius 2 is 1.63 bits per heavy atom. The van der Waals surface area contributed by atoms with Crippen molar-refractivity contribution in [3.05, 3.63) is 59.7 Å². The van der Waals surface area contributed by atoms with Gasteiger partial charge in [0, 0.05) is 18.9 Å².